The molecule has 0 spiro atoms. The van der Waals surface area contributed by atoms with Crippen LogP contribution in [0.3, 0.4) is 0 Å². The van der Waals surface area contributed by atoms with Crippen LogP contribution in [0.25, 0.3) is 11.0 Å². The summed E-state index contributed by atoms with van der Waals surface area (Å²) in [6, 6.07) is 4.02. The van der Waals surface area contributed by atoms with E-state index in [0.29, 0.717) is 12.5 Å². The first-order valence-electron chi connectivity index (χ1n) is 14.1. The molecule has 230 valence electrons. The summed E-state index contributed by atoms with van der Waals surface area (Å²) < 4.78 is 37.9. The summed E-state index contributed by atoms with van der Waals surface area (Å²) in [6.07, 6.45) is 0.0645. The third kappa shape index (κ3) is 7.94. The smallest absolute Gasteiger partial charge is 0.490 e. The lowest BCUT2D eigenvalue weighted by molar-refractivity contribution is -0.192. The van der Waals surface area contributed by atoms with Crippen molar-refractivity contribution in [2.75, 3.05) is 62.2 Å². The number of fused-ring (bicyclic) bond motifs is 1. The Hall–Kier alpha value is -3.32. The molecule has 0 amide bonds. The van der Waals surface area contributed by atoms with E-state index in [4.69, 9.17) is 26.2 Å². The number of aromatic amines is 1. The van der Waals surface area contributed by atoms with Crippen LogP contribution in [0.4, 0.5) is 24.7 Å². The summed E-state index contributed by atoms with van der Waals surface area (Å²) >= 11 is 6.53. The highest BCUT2D eigenvalue weighted by Crippen LogP contribution is 2.34. The SMILES string of the molecule is Cc1c(OCCN2CCCC2)cc(Cl)cc1N1CCN(c2ncnc3n[nH]c(CC(C)C)c23)CC1.O=C(O)C(F)(F)F. The van der Waals surface area contributed by atoms with Gasteiger partial charge in [0.1, 0.15) is 24.5 Å². The van der Waals surface area contributed by atoms with Crippen LogP contribution in [-0.2, 0) is 11.2 Å². The first kappa shape index (κ1) is 31.6. The summed E-state index contributed by atoms with van der Waals surface area (Å²) in [4.78, 5) is 25.2. The average molecular weight is 612 g/mol. The van der Waals surface area contributed by atoms with Crippen LogP contribution < -0.4 is 14.5 Å². The Kier molecular flexibility index (Phi) is 10.4. The minimum absolute atomic E-state index is 0.529. The van der Waals surface area contributed by atoms with E-state index in [1.807, 2.05) is 6.07 Å². The van der Waals surface area contributed by atoms with E-state index in [1.165, 1.54) is 25.9 Å². The van der Waals surface area contributed by atoms with E-state index in [-0.39, 0.29) is 0 Å². The highest BCUT2D eigenvalue weighted by Gasteiger charge is 2.38. The minimum atomic E-state index is -5.08. The Balaban J connectivity index is 0.000000517. The number of nitrogens with one attached hydrogen (secondary N) is 1. The number of ether oxygens (including phenoxy) is 1. The van der Waals surface area contributed by atoms with Crippen molar-refractivity contribution in [3.63, 3.8) is 0 Å². The van der Waals surface area contributed by atoms with Crippen molar-refractivity contribution in [1.29, 1.82) is 0 Å². The van der Waals surface area contributed by atoms with Crippen LogP contribution in [0.2, 0.25) is 5.02 Å². The number of carboxylic acids is 1. The molecule has 2 fully saturated rings. The van der Waals surface area contributed by atoms with Gasteiger partial charge >= 0.3 is 12.1 Å². The maximum atomic E-state index is 10.6. The third-order valence-corrected chi connectivity index (χ3v) is 7.56. The highest BCUT2D eigenvalue weighted by atomic mass is 35.5. The van der Waals surface area contributed by atoms with Crippen LogP contribution >= 0.6 is 11.6 Å². The van der Waals surface area contributed by atoms with E-state index in [2.05, 4.69) is 61.7 Å². The third-order valence-electron chi connectivity index (χ3n) is 7.34. The maximum Gasteiger partial charge on any atom is 0.490 e. The zero-order chi connectivity index (χ0) is 30.4. The second-order valence-electron chi connectivity index (χ2n) is 10.9. The molecule has 0 aliphatic carbocycles. The molecule has 2 aliphatic rings. The fourth-order valence-corrected chi connectivity index (χ4v) is 5.47. The van der Waals surface area contributed by atoms with Gasteiger partial charge in [0, 0.05) is 54.7 Å². The van der Waals surface area contributed by atoms with Gasteiger partial charge < -0.3 is 19.6 Å². The largest absolute Gasteiger partial charge is 0.492 e. The first-order chi connectivity index (χ1) is 19.9. The topological polar surface area (TPSA) is 111 Å². The van der Waals surface area contributed by atoms with Crippen LogP contribution in [0.15, 0.2) is 18.5 Å². The van der Waals surface area contributed by atoms with Gasteiger partial charge in [0.2, 0.25) is 0 Å². The number of aliphatic carboxylic acids is 1. The number of carbonyl (C=O) groups is 1. The number of rotatable bonds is 8. The van der Waals surface area contributed by atoms with E-state index in [1.54, 1.807) is 6.33 Å². The lowest BCUT2D eigenvalue weighted by Crippen LogP contribution is -2.47. The zero-order valence-electron chi connectivity index (χ0n) is 24.0. The Bertz CT molecular complexity index is 1350. The van der Waals surface area contributed by atoms with Gasteiger partial charge in [-0.05, 0) is 57.3 Å². The van der Waals surface area contributed by atoms with Crippen molar-refractivity contribution in [1.82, 2.24) is 25.1 Å². The van der Waals surface area contributed by atoms with Gasteiger partial charge in [-0.25, -0.2) is 14.8 Å². The molecule has 0 saturated carbocycles. The number of halogens is 4. The fourth-order valence-electron chi connectivity index (χ4n) is 5.26. The number of H-pyrrole nitrogens is 1. The highest BCUT2D eigenvalue weighted by molar-refractivity contribution is 6.31. The molecule has 0 unspecified atom stereocenters. The standard InChI is InChI=1S/C26H36ClN7O.C2HF3O2/c1-18(2)14-21-24-25(31-30-21)28-17-29-26(24)34-10-8-33(9-11-34)22-15-20(27)16-23(19(22)3)35-13-12-32-6-4-5-7-32;3-2(4,5)1(6)7/h15-18H,4-14H2,1-3H3,(H,28,29,30,31);(H,6,7). The van der Waals surface area contributed by atoms with Crippen LogP contribution in [0.5, 0.6) is 5.75 Å². The number of alkyl halides is 3. The van der Waals surface area contributed by atoms with Gasteiger partial charge in [0.25, 0.3) is 0 Å². The molecule has 42 heavy (non-hydrogen) atoms. The molecule has 0 radical (unpaired) electrons. The summed E-state index contributed by atoms with van der Waals surface area (Å²) in [5.74, 6) is -0.357. The molecule has 2 N–H and O–H groups in total. The molecular weight excluding hydrogens is 575 g/mol. The predicted octanol–water partition coefficient (Wildman–Crippen LogP) is 4.95. The van der Waals surface area contributed by atoms with Crippen molar-refractivity contribution in [2.45, 2.75) is 46.2 Å². The quantitative estimate of drug-likeness (QED) is 0.366. The van der Waals surface area contributed by atoms with E-state index in [9.17, 15) is 13.2 Å². The molecule has 2 aliphatic heterocycles. The molecule has 4 heterocycles. The molecule has 10 nitrogen and oxygen atoms in total. The molecular formula is C28H37ClF3N7O3. The average Bonchev–Trinajstić information content (AvgIpc) is 3.60. The van der Waals surface area contributed by atoms with Crippen molar-refractivity contribution in [3.05, 3.63) is 34.7 Å². The predicted molar refractivity (Wildman–Crippen MR) is 156 cm³/mol. The number of benzene rings is 1. The van der Waals surface area contributed by atoms with E-state index >= 15 is 0 Å². The normalized spacial score (nSPS) is 16.2. The molecule has 0 atom stereocenters. The number of likely N-dealkylation sites (tertiary alicyclic amines) is 1. The lowest BCUT2D eigenvalue weighted by Gasteiger charge is -2.38. The second kappa shape index (κ2) is 13.8. The summed E-state index contributed by atoms with van der Waals surface area (Å²) in [6.45, 7) is 14.1. The van der Waals surface area contributed by atoms with Gasteiger partial charge in [0.05, 0.1) is 5.39 Å². The first-order valence-corrected chi connectivity index (χ1v) is 14.4. The van der Waals surface area contributed by atoms with E-state index in [0.717, 1.165) is 83.7 Å². The van der Waals surface area contributed by atoms with Gasteiger partial charge in [-0.2, -0.15) is 18.3 Å². The molecule has 2 saturated heterocycles. The van der Waals surface area contributed by atoms with Crippen molar-refractivity contribution in [2.24, 2.45) is 5.92 Å². The Labute approximate surface area is 247 Å². The van der Waals surface area contributed by atoms with Gasteiger partial charge in [0.15, 0.2) is 5.65 Å². The number of hydrogen-bond acceptors (Lipinski definition) is 8. The van der Waals surface area contributed by atoms with Crippen LogP contribution in [-0.4, -0.2) is 94.7 Å². The summed E-state index contributed by atoms with van der Waals surface area (Å²) in [7, 11) is 0. The molecule has 14 heteroatoms. The molecule has 2 aromatic heterocycles. The number of aromatic nitrogens is 4. The molecule has 5 rings (SSSR count). The Morgan fingerprint density at radius 1 is 1.10 bits per heavy atom. The van der Waals surface area contributed by atoms with Gasteiger partial charge in [-0.15, -0.1) is 0 Å². The zero-order valence-corrected chi connectivity index (χ0v) is 24.8. The Morgan fingerprint density at radius 3 is 2.36 bits per heavy atom. The molecule has 0 bridgehead atoms. The van der Waals surface area contributed by atoms with Crippen molar-refractivity contribution >= 4 is 40.1 Å². The maximum absolute atomic E-state index is 10.6. The fraction of sp³-hybridized carbons (Fsp3) is 0.571. The number of hydrogen-bond donors (Lipinski definition) is 2. The molecule has 3 aromatic rings. The van der Waals surface area contributed by atoms with Crippen molar-refractivity contribution < 1.29 is 27.8 Å². The van der Waals surface area contributed by atoms with E-state index < -0.39 is 12.1 Å². The molecule has 1 aromatic carbocycles. The minimum Gasteiger partial charge on any atom is -0.492 e. The summed E-state index contributed by atoms with van der Waals surface area (Å²) in [5, 5.41) is 16.5. The number of carboxylic acid groups (broad SMARTS) is 1. The number of nitrogens with zero attached hydrogens (tertiary/aromatic N) is 6. The van der Waals surface area contributed by atoms with Gasteiger partial charge in [-0.3, -0.25) is 10.00 Å². The Morgan fingerprint density at radius 2 is 1.74 bits per heavy atom. The monoisotopic (exact) mass is 611 g/mol. The van der Waals surface area contributed by atoms with Gasteiger partial charge in [-0.1, -0.05) is 25.4 Å². The van der Waals surface area contributed by atoms with Crippen LogP contribution in [0.1, 0.15) is 37.9 Å². The summed E-state index contributed by atoms with van der Waals surface area (Å²) in [5.41, 5.74) is 4.18. The number of piperazine rings is 1. The van der Waals surface area contributed by atoms with Crippen LogP contribution in [0, 0.1) is 12.8 Å². The lowest BCUT2D eigenvalue weighted by atomic mass is 10.1. The second-order valence-corrected chi connectivity index (χ2v) is 11.4. The number of anilines is 2. The van der Waals surface area contributed by atoms with Crippen molar-refractivity contribution in [3.8, 4) is 5.75 Å².